The first-order valence-corrected chi connectivity index (χ1v) is 10.4. The van der Waals surface area contributed by atoms with Gasteiger partial charge in [0.1, 0.15) is 34.3 Å². The number of rotatable bonds is 7. The minimum Gasteiger partial charge on any atom is -0.504 e. The van der Waals surface area contributed by atoms with Crippen LogP contribution in [-0.4, -0.2) is 33.3 Å². The quantitative estimate of drug-likeness (QED) is 0.279. The molecule has 0 amide bonds. The first-order valence-electron chi connectivity index (χ1n) is 9.44. The van der Waals surface area contributed by atoms with Gasteiger partial charge in [-0.05, 0) is 42.8 Å². The van der Waals surface area contributed by atoms with E-state index < -0.39 is 5.75 Å². The fraction of sp³-hybridized carbons (Fsp3) is 0.130. The number of carbonyl (C=O) groups is 1. The zero-order chi connectivity index (χ0) is 23.3. The number of nitrogens with zero attached hydrogens (tertiary/aromatic N) is 3. The van der Waals surface area contributed by atoms with E-state index in [4.69, 9.17) is 10.5 Å². The second-order valence-corrected chi connectivity index (χ2v) is 7.49. The summed E-state index contributed by atoms with van der Waals surface area (Å²) in [7, 11) is 0. The van der Waals surface area contributed by atoms with Crippen LogP contribution in [0.5, 0.6) is 17.2 Å². The van der Waals surface area contributed by atoms with Gasteiger partial charge in [0.25, 0.3) is 0 Å². The molecule has 0 aliphatic heterocycles. The number of benzene rings is 2. The number of pyridine rings is 1. The topological polar surface area (TPSA) is 153 Å². The Bertz CT molecular complexity index is 1260. The monoisotopic (exact) mass is 446 g/mol. The van der Waals surface area contributed by atoms with Crippen LogP contribution in [0.15, 0.2) is 47.5 Å². The van der Waals surface area contributed by atoms with E-state index in [1.165, 1.54) is 12.1 Å². The number of aromatic nitrogens is 1. The molecule has 160 valence electrons. The van der Waals surface area contributed by atoms with Crippen molar-refractivity contribution >= 4 is 23.4 Å². The van der Waals surface area contributed by atoms with E-state index in [9.17, 15) is 25.5 Å². The van der Waals surface area contributed by atoms with Crippen LogP contribution >= 0.6 is 11.8 Å². The Morgan fingerprint density at radius 2 is 1.78 bits per heavy atom. The Labute approximate surface area is 188 Å². The predicted octanol–water partition coefficient (Wildman–Crippen LogP) is 3.86. The van der Waals surface area contributed by atoms with Gasteiger partial charge in [-0.25, -0.2) is 4.98 Å². The zero-order valence-electron chi connectivity index (χ0n) is 17.0. The number of hydrogen-bond donors (Lipinski definition) is 3. The molecular weight excluding hydrogens is 428 g/mol. The number of phenolic OH excluding ortho intramolecular Hbond substituents is 2. The largest absolute Gasteiger partial charge is 0.504 e. The molecule has 0 spiro atoms. The number of nitriles is 2. The molecule has 1 aromatic heterocycles. The highest BCUT2D eigenvalue weighted by molar-refractivity contribution is 8.00. The highest BCUT2D eigenvalue weighted by atomic mass is 32.2. The molecule has 0 bridgehead atoms. The summed E-state index contributed by atoms with van der Waals surface area (Å²) in [5.41, 5.74) is 7.32. The first kappa shape index (κ1) is 22.5. The maximum absolute atomic E-state index is 12.5. The summed E-state index contributed by atoms with van der Waals surface area (Å²) in [4.78, 5) is 16.7. The van der Waals surface area contributed by atoms with Crippen molar-refractivity contribution < 1.29 is 19.7 Å². The Balaban J connectivity index is 1.98. The summed E-state index contributed by atoms with van der Waals surface area (Å²) >= 11 is 0.997. The van der Waals surface area contributed by atoms with Gasteiger partial charge in [0.05, 0.1) is 17.9 Å². The number of anilines is 1. The molecule has 2 aromatic carbocycles. The van der Waals surface area contributed by atoms with Crippen molar-refractivity contribution in [3.05, 3.63) is 59.2 Å². The first-order chi connectivity index (χ1) is 15.4. The van der Waals surface area contributed by atoms with Gasteiger partial charge in [-0.3, -0.25) is 4.79 Å². The lowest BCUT2D eigenvalue weighted by molar-refractivity contribution is 0.102. The van der Waals surface area contributed by atoms with E-state index >= 15 is 0 Å². The third-order valence-corrected chi connectivity index (χ3v) is 5.48. The van der Waals surface area contributed by atoms with E-state index in [1.54, 1.807) is 24.3 Å². The normalized spacial score (nSPS) is 10.2. The maximum Gasteiger partial charge on any atom is 0.173 e. The molecule has 0 aliphatic carbocycles. The van der Waals surface area contributed by atoms with Crippen LogP contribution in [0.2, 0.25) is 0 Å². The van der Waals surface area contributed by atoms with Crippen molar-refractivity contribution in [1.82, 2.24) is 4.98 Å². The molecule has 4 N–H and O–H groups in total. The number of Topliss-reactive ketones (excluding diaryl/α,β-unsaturated/α-hetero) is 1. The summed E-state index contributed by atoms with van der Waals surface area (Å²) in [6.45, 7) is 2.37. The van der Waals surface area contributed by atoms with Crippen LogP contribution in [0.25, 0.3) is 11.1 Å². The van der Waals surface area contributed by atoms with Crippen LogP contribution in [0, 0.1) is 22.7 Å². The number of phenols is 2. The fourth-order valence-electron chi connectivity index (χ4n) is 2.99. The average Bonchev–Trinajstić information content (AvgIpc) is 2.79. The molecule has 0 radical (unpaired) electrons. The molecular formula is C23H18N4O4S. The Morgan fingerprint density at radius 1 is 1.09 bits per heavy atom. The molecule has 8 nitrogen and oxygen atoms in total. The molecule has 9 heteroatoms. The third-order valence-electron chi connectivity index (χ3n) is 4.51. The minimum atomic E-state index is -0.405. The van der Waals surface area contributed by atoms with Crippen molar-refractivity contribution in [2.75, 3.05) is 18.1 Å². The molecule has 3 aromatic rings. The number of nitrogen functional groups attached to an aromatic ring is 1. The van der Waals surface area contributed by atoms with E-state index in [2.05, 4.69) is 11.1 Å². The number of ether oxygens (including phenoxy) is 1. The van der Waals surface area contributed by atoms with E-state index in [1.807, 2.05) is 13.0 Å². The van der Waals surface area contributed by atoms with E-state index in [0.29, 0.717) is 23.5 Å². The van der Waals surface area contributed by atoms with Crippen molar-refractivity contribution in [2.45, 2.75) is 11.9 Å². The number of thioether (sulfide) groups is 1. The van der Waals surface area contributed by atoms with Gasteiger partial charge < -0.3 is 20.7 Å². The van der Waals surface area contributed by atoms with Crippen LogP contribution in [-0.2, 0) is 0 Å². The standard InChI is InChI=1S/C23H18N4O4S/c1-2-31-15-6-3-13(4-7-15)21-16(10-24)22(26)27-23(17(21)11-25)32-12-20(30)14-5-8-18(28)19(29)9-14/h3-9,28-29H,2,12H2,1H3,(H2,26,27). The molecule has 0 unspecified atom stereocenters. The van der Waals surface area contributed by atoms with Crippen molar-refractivity contribution in [1.29, 1.82) is 10.5 Å². The zero-order valence-corrected chi connectivity index (χ0v) is 17.8. The highest BCUT2D eigenvalue weighted by Gasteiger charge is 2.21. The SMILES string of the molecule is CCOc1ccc(-c2c(C#N)c(N)nc(SCC(=O)c3ccc(O)c(O)c3)c2C#N)cc1. The van der Waals surface area contributed by atoms with Gasteiger partial charge >= 0.3 is 0 Å². The second-order valence-electron chi connectivity index (χ2n) is 6.52. The third kappa shape index (κ3) is 4.59. The van der Waals surface area contributed by atoms with Crippen LogP contribution < -0.4 is 10.5 Å². The van der Waals surface area contributed by atoms with Crippen LogP contribution in [0.1, 0.15) is 28.4 Å². The molecule has 0 aliphatic rings. The van der Waals surface area contributed by atoms with Gasteiger partial charge in [-0.1, -0.05) is 23.9 Å². The number of hydrogen-bond acceptors (Lipinski definition) is 9. The Hall–Kier alpha value is -4.21. The molecule has 1 heterocycles. The van der Waals surface area contributed by atoms with Crippen molar-refractivity contribution in [3.8, 4) is 40.5 Å². The van der Waals surface area contributed by atoms with Gasteiger partial charge in [-0.2, -0.15) is 10.5 Å². The Morgan fingerprint density at radius 3 is 2.38 bits per heavy atom. The van der Waals surface area contributed by atoms with Gasteiger partial charge in [-0.15, -0.1) is 0 Å². The number of nitrogens with two attached hydrogens (primary N) is 1. The number of ketones is 1. The smallest absolute Gasteiger partial charge is 0.173 e. The number of aromatic hydroxyl groups is 2. The molecule has 0 saturated carbocycles. The molecule has 0 atom stereocenters. The van der Waals surface area contributed by atoms with Crippen molar-refractivity contribution in [2.24, 2.45) is 0 Å². The summed E-state index contributed by atoms with van der Waals surface area (Å²) in [6.07, 6.45) is 0. The lowest BCUT2D eigenvalue weighted by Crippen LogP contribution is -2.06. The minimum absolute atomic E-state index is 0.0485. The van der Waals surface area contributed by atoms with Crippen LogP contribution in [0.3, 0.4) is 0 Å². The summed E-state index contributed by atoms with van der Waals surface area (Å²) in [6, 6.07) is 14.8. The summed E-state index contributed by atoms with van der Waals surface area (Å²) in [5, 5.41) is 38.7. The maximum atomic E-state index is 12.5. The average molecular weight is 446 g/mol. The molecule has 0 saturated heterocycles. The van der Waals surface area contributed by atoms with Gasteiger partial charge in [0.2, 0.25) is 0 Å². The number of carbonyl (C=O) groups excluding carboxylic acids is 1. The molecule has 32 heavy (non-hydrogen) atoms. The second kappa shape index (κ2) is 9.73. The summed E-state index contributed by atoms with van der Waals surface area (Å²) < 4.78 is 5.44. The highest BCUT2D eigenvalue weighted by Crippen LogP contribution is 2.36. The van der Waals surface area contributed by atoms with Crippen LogP contribution in [0.4, 0.5) is 5.82 Å². The van der Waals surface area contributed by atoms with Crippen molar-refractivity contribution in [3.63, 3.8) is 0 Å². The van der Waals surface area contributed by atoms with Gasteiger partial charge in [0, 0.05) is 11.1 Å². The predicted molar refractivity (Wildman–Crippen MR) is 120 cm³/mol. The fourth-order valence-corrected chi connectivity index (χ4v) is 3.88. The lowest BCUT2D eigenvalue weighted by atomic mass is 9.97. The van der Waals surface area contributed by atoms with E-state index in [0.717, 1.165) is 17.8 Å². The lowest BCUT2D eigenvalue weighted by Gasteiger charge is -2.13. The molecule has 0 fully saturated rings. The molecule has 3 rings (SSSR count). The van der Waals surface area contributed by atoms with Gasteiger partial charge in [0.15, 0.2) is 17.3 Å². The Kier molecular flexibility index (Phi) is 6.83. The summed E-state index contributed by atoms with van der Waals surface area (Å²) in [5.74, 6) is -0.582. The van der Waals surface area contributed by atoms with E-state index in [-0.39, 0.29) is 44.8 Å².